The number of imidazole rings is 1. The minimum atomic E-state index is -1.17. The second-order valence-electron chi connectivity index (χ2n) is 4.64. The number of aromatic nitrogens is 2. The molecule has 110 valence electrons. The van der Waals surface area contributed by atoms with Gasteiger partial charge in [0.05, 0.1) is 11.0 Å². The molecule has 3 aromatic rings. The summed E-state index contributed by atoms with van der Waals surface area (Å²) in [4.78, 5) is 18.5. The number of carbonyl (C=O) groups is 1. The first-order chi connectivity index (χ1) is 10.5. The molecule has 0 aliphatic rings. The number of carboxylic acids is 1. The number of halogens is 1. The normalized spacial score (nSPS) is 11.8. The summed E-state index contributed by atoms with van der Waals surface area (Å²) in [6.45, 7) is 0. The van der Waals surface area contributed by atoms with Gasteiger partial charge < -0.3 is 15.2 Å². The zero-order valence-electron chi connectivity index (χ0n) is 11.2. The van der Waals surface area contributed by atoms with E-state index in [4.69, 9.17) is 16.7 Å². The number of hydrogen-bond donors (Lipinski definition) is 2. The van der Waals surface area contributed by atoms with Crippen LogP contribution in [0.2, 0.25) is 5.02 Å². The minimum Gasteiger partial charge on any atom is -0.872 e. The van der Waals surface area contributed by atoms with Gasteiger partial charge in [0.2, 0.25) is 0 Å². The van der Waals surface area contributed by atoms with E-state index < -0.39 is 5.97 Å². The summed E-state index contributed by atoms with van der Waals surface area (Å²) in [7, 11) is 0. The van der Waals surface area contributed by atoms with Crippen molar-refractivity contribution in [2.45, 2.75) is 0 Å². The van der Waals surface area contributed by atoms with Gasteiger partial charge >= 0.3 is 5.97 Å². The summed E-state index contributed by atoms with van der Waals surface area (Å²) >= 11 is 5.92. The lowest BCUT2D eigenvalue weighted by molar-refractivity contribution is -0.268. The maximum atomic E-state index is 12.0. The molecule has 22 heavy (non-hydrogen) atoms. The molecule has 5 nitrogen and oxygen atoms in total. The Bertz CT molecular complexity index is 866. The van der Waals surface area contributed by atoms with Crippen molar-refractivity contribution in [1.29, 1.82) is 0 Å². The summed E-state index contributed by atoms with van der Waals surface area (Å²) in [6, 6.07) is 11.5. The number of para-hydroxylation sites is 2. The van der Waals surface area contributed by atoms with Gasteiger partial charge in [0, 0.05) is 16.7 Å². The number of fused-ring (bicyclic) bond motifs is 1. The van der Waals surface area contributed by atoms with E-state index in [0.717, 1.165) is 11.6 Å². The Morgan fingerprint density at radius 2 is 2.05 bits per heavy atom. The van der Waals surface area contributed by atoms with Crippen LogP contribution in [-0.2, 0) is 4.79 Å². The summed E-state index contributed by atoms with van der Waals surface area (Å²) in [5.41, 5.74) is 1.82. The zero-order valence-corrected chi connectivity index (χ0v) is 12.0. The average molecular weight is 314 g/mol. The molecule has 1 heterocycles. The predicted molar refractivity (Wildman–Crippen MR) is 81.7 cm³/mol. The number of aromatic amines is 1. The Balaban J connectivity index is 2.23. The van der Waals surface area contributed by atoms with Crippen molar-refractivity contribution >= 4 is 34.2 Å². The Hall–Kier alpha value is -2.79. The van der Waals surface area contributed by atoms with Crippen molar-refractivity contribution < 1.29 is 15.0 Å². The van der Waals surface area contributed by atoms with Crippen LogP contribution in [0.3, 0.4) is 0 Å². The van der Waals surface area contributed by atoms with E-state index in [1.54, 1.807) is 6.07 Å². The molecule has 0 amide bonds. The number of nitrogens with zero attached hydrogens (tertiary/aromatic N) is 1. The van der Waals surface area contributed by atoms with Crippen molar-refractivity contribution in [2.75, 3.05) is 0 Å². The van der Waals surface area contributed by atoms with Crippen LogP contribution in [0.15, 0.2) is 48.5 Å². The van der Waals surface area contributed by atoms with Crippen LogP contribution in [-0.4, -0.2) is 21.0 Å². The highest BCUT2D eigenvalue weighted by Gasteiger charge is 2.13. The molecule has 1 aromatic heterocycles. The first-order valence-corrected chi connectivity index (χ1v) is 6.79. The van der Waals surface area contributed by atoms with Crippen molar-refractivity contribution in [2.24, 2.45) is 0 Å². The summed E-state index contributed by atoms with van der Waals surface area (Å²) in [5, 5.41) is 21.5. The van der Waals surface area contributed by atoms with Crippen LogP contribution in [0, 0.1) is 0 Å². The molecule has 2 aromatic carbocycles. The van der Waals surface area contributed by atoms with E-state index in [2.05, 4.69) is 9.97 Å². The number of rotatable bonds is 3. The van der Waals surface area contributed by atoms with Crippen molar-refractivity contribution in [3.8, 4) is 5.75 Å². The molecule has 0 aliphatic carbocycles. The molecule has 0 saturated heterocycles. The average Bonchev–Trinajstić information content (AvgIpc) is 2.91. The molecule has 3 rings (SSSR count). The van der Waals surface area contributed by atoms with Gasteiger partial charge in [-0.1, -0.05) is 29.8 Å². The molecule has 0 unspecified atom stereocenters. The van der Waals surface area contributed by atoms with E-state index >= 15 is 0 Å². The predicted octanol–water partition coefficient (Wildman–Crippen LogP) is 2.81. The van der Waals surface area contributed by atoms with Crippen LogP contribution >= 0.6 is 11.6 Å². The third-order valence-corrected chi connectivity index (χ3v) is 3.38. The quantitative estimate of drug-likeness (QED) is 0.728. The molecule has 0 atom stereocenters. The van der Waals surface area contributed by atoms with Crippen molar-refractivity contribution in [3.63, 3.8) is 0 Å². The number of aliphatic carboxylic acids is 1. The summed E-state index contributed by atoms with van der Waals surface area (Å²) in [6.07, 6.45) is 0.949. The fourth-order valence-electron chi connectivity index (χ4n) is 2.19. The smallest absolute Gasteiger partial charge is 0.329 e. The minimum absolute atomic E-state index is 0.189. The lowest BCUT2D eigenvalue weighted by Crippen LogP contribution is -2.01. The highest BCUT2D eigenvalue weighted by atomic mass is 35.5. The standard InChI is InChI=1S/C16H11ClN2O3/c17-9-5-6-14(20)10(7-9)11(8-15(21)22)16-18-12-3-1-2-4-13(12)19-16/h1-8,20H,(H,18,19)(H,21,22)/p-1/b11-8-. The zero-order chi connectivity index (χ0) is 15.7. The molecule has 0 saturated carbocycles. The fraction of sp³-hybridized carbons (Fsp3) is 0. The fourth-order valence-corrected chi connectivity index (χ4v) is 2.36. The SMILES string of the molecule is O=C(O)/C=C(\c1nc2ccccc2[nH]1)c1cc(Cl)ccc1[O-]. The van der Waals surface area contributed by atoms with E-state index in [1.807, 2.05) is 18.2 Å². The van der Waals surface area contributed by atoms with Crippen LogP contribution in [0.25, 0.3) is 16.6 Å². The first-order valence-electron chi connectivity index (χ1n) is 6.41. The topological polar surface area (TPSA) is 89.0 Å². The maximum absolute atomic E-state index is 12.0. The molecule has 0 radical (unpaired) electrons. The van der Waals surface area contributed by atoms with Gasteiger partial charge in [-0.05, 0) is 29.8 Å². The van der Waals surface area contributed by atoms with Gasteiger partial charge in [-0.2, -0.15) is 0 Å². The number of hydrogen-bond acceptors (Lipinski definition) is 3. The van der Waals surface area contributed by atoms with E-state index in [9.17, 15) is 9.90 Å². The lowest BCUT2D eigenvalue weighted by atomic mass is 10.0. The van der Waals surface area contributed by atoms with Gasteiger partial charge in [-0.25, -0.2) is 9.78 Å². The van der Waals surface area contributed by atoms with E-state index in [0.29, 0.717) is 16.4 Å². The van der Waals surface area contributed by atoms with Crippen LogP contribution in [0.4, 0.5) is 0 Å². The second kappa shape index (κ2) is 5.54. The van der Waals surface area contributed by atoms with Crippen molar-refractivity contribution in [3.05, 3.63) is 65.0 Å². The van der Waals surface area contributed by atoms with E-state index in [1.165, 1.54) is 18.2 Å². The third kappa shape index (κ3) is 2.66. The monoisotopic (exact) mass is 313 g/mol. The van der Waals surface area contributed by atoms with Crippen LogP contribution in [0.1, 0.15) is 11.4 Å². The molecular formula is C16H10ClN2O3-. The molecule has 6 heteroatoms. The maximum Gasteiger partial charge on any atom is 0.329 e. The molecule has 2 N–H and O–H groups in total. The Morgan fingerprint density at radius 1 is 1.27 bits per heavy atom. The Morgan fingerprint density at radius 3 is 2.77 bits per heavy atom. The highest BCUT2D eigenvalue weighted by Crippen LogP contribution is 2.30. The Kier molecular flexibility index (Phi) is 3.56. The summed E-state index contributed by atoms with van der Waals surface area (Å²) in [5.74, 6) is -1.19. The number of nitrogens with one attached hydrogen (secondary N) is 1. The largest absolute Gasteiger partial charge is 0.872 e. The number of H-pyrrole nitrogens is 1. The van der Waals surface area contributed by atoms with Gasteiger partial charge in [0.15, 0.2) is 0 Å². The van der Waals surface area contributed by atoms with Gasteiger partial charge in [-0.15, -0.1) is 5.75 Å². The first kappa shape index (κ1) is 14.2. The molecule has 0 fully saturated rings. The van der Waals surface area contributed by atoms with Gasteiger partial charge in [0.25, 0.3) is 0 Å². The van der Waals surface area contributed by atoms with Gasteiger partial charge in [0.1, 0.15) is 5.82 Å². The lowest BCUT2D eigenvalue weighted by Gasteiger charge is -2.15. The number of carboxylic acid groups (broad SMARTS) is 1. The summed E-state index contributed by atoms with van der Waals surface area (Å²) < 4.78 is 0. The molecule has 0 bridgehead atoms. The second-order valence-corrected chi connectivity index (χ2v) is 5.08. The molecule has 0 spiro atoms. The highest BCUT2D eigenvalue weighted by molar-refractivity contribution is 6.30. The Labute approximate surface area is 130 Å². The molecular weight excluding hydrogens is 304 g/mol. The van der Waals surface area contributed by atoms with Crippen LogP contribution in [0.5, 0.6) is 5.75 Å². The molecule has 0 aliphatic heterocycles. The van der Waals surface area contributed by atoms with Crippen LogP contribution < -0.4 is 5.11 Å². The van der Waals surface area contributed by atoms with E-state index in [-0.39, 0.29) is 16.9 Å². The van der Waals surface area contributed by atoms with Gasteiger partial charge in [-0.3, -0.25) is 0 Å². The third-order valence-electron chi connectivity index (χ3n) is 3.14. The number of benzene rings is 2. The van der Waals surface area contributed by atoms with Crippen molar-refractivity contribution in [1.82, 2.24) is 9.97 Å².